The maximum atomic E-state index is 13.0. The summed E-state index contributed by atoms with van der Waals surface area (Å²) in [5.41, 5.74) is 5.52. The lowest BCUT2D eigenvalue weighted by molar-refractivity contribution is -0.117. The number of hydrogen-bond acceptors (Lipinski definition) is 2. The molecule has 4 aromatic rings. The monoisotopic (exact) mass is 457 g/mol. The summed E-state index contributed by atoms with van der Waals surface area (Å²) in [6.45, 7) is 3.55. The molecule has 1 fully saturated rings. The number of anilines is 1. The number of nitrogens with zero attached hydrogens (tertiary/aromatic N) is 3. The molecule has 1 saturated heterocycles. The number of para-hydroxylation sites is 2. The smallest absolute Gasteiger partial charge is 0.227 e. The molecule has 0 saturated carbocycles. The topological polar surface area (TPSA) is 38.1 Å². The fourth-order valence-electron chi connectivity index (χ4n) is 4.70. The number of aromatic nitrogens is 2. The van der Waals surface area contributed by atoms with Crippen LogP contribution in [-0.4, -0.2) is 22.0 Å². The number of hydrogen-bond donors (Lipinski definition) is 0. The molecule has 0 aliphatic carbocycles. The van der Waals surface area contributed by atoms with E-state index in [9.17, 15) is 4.79 Å². The van der Waals surface area contributed by atoms with E-state index in [1.54, 1.807) is 0 Å². The number of imidazole rings is 1. The van der Waals surface area contributed by atoms with Crippen molar-refractivity contribution in [3.05, 3.63) is 94.8 Å². The molecule has 0 bridgehead atoms. The van der Waals surface area contributed by atoms with Crippen molar-refractivity contribution in [1.29, 1.82) is 0 Å². The molecule has 1 unspecified atom stereocenters. The van der Waals surface area contributed by atoms with E-state index >= 15 is 0 Å². The third kappa shape index (κ3) is 4.53. The number of amides is 1. The number of carbonyl (C=O) groups is 1. The van der Waals surface area contributed by atoms with Gasteiger partial charge in [0.2, 0.25) is 5.91 Å². The Hall–Kier alpha value is -3.11. The highest BCUT2D eigenvalue weighted by Gasteiger charge is 2.34. The van der Waals surface area contributed by atoms with E-state index < -0.39 is 0 Å². The first-order chi connectivity index (χ1) is 16.1. The average Bonchev–Trinajstić information content (AvgIpc) is 3.40. The van der Waals surface area contributed by atoms with Crippen LogP contribution >= 0.6 is 11.6 Å². The normalized spacial score (nSPS) is 16.1. The summed E-state index contributed by atoms with van der Waals surface area (Å²) >= 11 is 6.09. The minimum atomic E-state index is 0.0527. The number of carbonyl (C=O) groups excluding carboxylic acids is 1. The van der Waals surface area contributed by atoms with Gasteiger partial charge in [-0.05, 0) is 60.4 Å². The fraction of sp³-hybridized carbons (Fsp3) is 0.286. The zero-order chi connectivity index (χ0) is 22.8. The van der Waals surface area contributed by atoms with Crippen molar-refractivity contribution in [1.82, 2.24) is 9.55 Å². The van der Waals surface area contributed by atoms with E-state index in [0.717, 1.165) is 39.6 Å². The Balaban J connectivity index is 1.43. The molecule has 168 valence electrons. The van der Waals surface area contributed by atoms with Crippen LogP contribution in [0.1, 0.15) is 49.1 Å². The molecule has 0 spiro atoms. The molecule has 4 nitrogen and oxygen atoms in total. The molecule has 33 heavy (non-hydrogen) atoms. The van der Waals surface area contributed by atoms with Crippen molar-refractivity contribution in [2.45, 2.75) is 45.1 Å². The molecule has 5 rings (SSSR count). The predicted molar refractivity (Wildman–Crippen MR) is 135 cm³/mol. The van der Waals surface area contributed by atoms with Crippen LogP contribution in [0.2, 0.25) is 5.02 Å². The first-order valence-electron chi connectivity index (χ1n) is 11.7. The number of benzene rings is 3. The number of unbranched alkanes of at least 4 members (excludes halogenated alkanes) is 1. The van der Waals surface area contributed by atoms with Gasteiger partial charge in [-0.2, -0.15) is 0 Å². The molecule has 1 amide bonds. The molecule has 0 N–H and O–H groups in total. The SMILES string of the molecule is CCCCc1ccc(N2CC(c3nc4ccccc4n3Cc3ccc(Cl)cc3)CC2=O)cc1. The Morgan fingerprint density at radius 1 is 0.970 bits per heavy atom. The zero-order valence-corrected chi connectivity index (χ0v) is 19.6. The maximum Gasteiger partial charge on any atom is 0.227 e. The Kier molecular flexibility index (Phi) is 6.19. The van der Waals surface area contributed by atoms with E-state index in [4.69, 9.17) is 16.6 Å². The number of halogens is 1. The summed E-state index contributed by atoms with van der Waals surface area (Å²) < 4.78 is 2.26. The van der Waals surface area contributed by atoms with E-state index in [1.165, 1.54) is 18.4 Å². The Bertz CT molecular complexity index is 1260. The summed E-state index contributed by atoms with van der Waals surface area (Å²) in [4.78, 5) is 19.9. The van der Waals surface area contributed by atoms with E-state index in [-0.39, 0.29) is 11.8 Å². The quantitative estimate of drug-likeness (QED) is 0.313. The van der Waals surface area contributed by atoms with Gasteiger partial charge in [-0.1, -0.05) is 61.3 Å². The highest BCUT2D eigenvalue weighted by Crippen LogP contribution is 2.34. The van der Waals surface area contributed by atoms with Crippen molar-refractivity contribution >= 4 is 34.2 Å². The third-order valence-electron chi connectivity index (χ3n) is 6.50. The summed E-state index contributed by atoms with van der Waals surface area (Å²) in [5, 5.41) is 0.729. The van der Waals surface area contributed by atoms with E-state index in [1.807, 2.05) is 47.4 Å². The molecule has 1 aromatic heterocycles. The molecule has 5 heteroatoms. The second kappa shape index (κ2) is 9.40. The Labute approximate surface area is 199 Å². The van der Waals surface area contributed by atoms with Crippen LogP contribution < -0.4 is 4.90 Å². The largest absolute Gasteiger partial charge is 0.323 e. The van der Waals surface area contributed by atoms with Gasteiger partial charge in [0.15, 0.2) is 0 Å². The highest BCUT2D eigenvalue weighted by molar-refractivity contribution is 6.30. The van der Waals surface area contributed by atoms with Gasteiger partial charge in [-0.25, -0.2) is 4.98 Å². The van der Waals surface area contributed by atoms with Gasteiger partial charge in [0, 0.05) is 36.1 Å². The first kappa shape index (κ1) is 21.7. The van der Waals surface area contributed by atoms with Crippen LogP contribution in [0.25, 0.3) is 11.0 Å². The van der Waals surface area contributed by atoms with Crippen molar-refractivity contribution in [2.24, 2.45) is 0 Å². The lowest BCUT2D eigenvalue weighted by atomic mass is 10.1. The molecule has 2 heterocycles. The summed E-state index contributed by atoms with van der Waals surface area (Å²) in [5.74, 6) is 1.19. The van der Waals surface area contributed by atoms with Gasteiger partial charge in [-0.15, -0.1) is 0 Å². The Morgan fingerprint density at radius 2 is 1.70 bits per heavy atom. The van der Waals surface area contributed by atoms with E-state index in [0.29, 0.717) is 19.5 Å². The summed E-state index contributed by atoms with van der Waals surface area (Å²) in [6, 6.07) is 24.6. The van der Waals surface area contributed by atoms with Gasteiger partial charge in [0.1, 0.15) is 5.82 Å². The molecular weight excluding hydrogens is 430 g/mol. The fourth-order valence-corrected chi connectivity index (χ4v) is 4.82. The number of rotatable bonds is 7. The van der Waals surface area contributed by atoms with Crippen LogP contribution in [0.4, 0.5) is 5.69 Å². The van der Waals surface area contributed by atoms with Gasteiger partial charge in [0.05, 0.1) is 11.0 Å². The zero-order valence-electron chi connectivity index (χ0n) is 18.9. The van der Waals surface area contributed by atoms with Gasteiger partial charge in [0.25, 0.3) is 0 Å². The van der Waals surface area contributed by atoms with Crippen molar-refractivity contribution in [3.8, 4) is 0 Å². The maximum absolute atomic E-state index is 13.0. The predicted octanol–water partition coefficient (Wildman–Crippen LogP) is 6.60. The minimum Gasteiger partial charge on any atom is -0.323 e. The standard InChI is InChI=1S/C28H28ClN3O/c1-2-3-6-20-11-15-24(16-12-20)31-19-22(17-27(31)33)28-30-25-7-4-5-8-26(25)32(28)18-21-9-13-23(29)14-10-21/h4-5,7-16,22H,2-3,6,17-19H2,1H3. The van der Waals surface area contributed by atoms with Gasteiger partial charge >= 0.3 is 0 Å². The van der Waals surface area contributed by atoms with Crippen LogP contribution in [0, 0.1) is 0 Å². The summed E-state index contributed by atoms with van der Waals surface area (Å²) in [7, 11) is 0. The van der Waals surface area contributed by atoms with Crippen molar-refractivity contribution in [2.75, 3.05) is 11.4 Å². The first-order valence-corrected chi connectivity index (χ1v) is 12.1. The van der Waals surface area contributed by atoms with Crippen LogP contribution in [-0.2, 0) is 17.8 Å². The Morgan fingerprint density at radius 3 is 2.45 bits per heavy atom. The molecule has 1 atom stereocenters. The molecule has 0 radical (unpaired) electrons. The molecule has 3 aromatic carbocycles. The molecule has 1 aliphatic heterocycles. The van der Waals surface area contributed by atoms with Crippen molar-refractivity contribution < 1.29 is 4.79 Å². The second-order valence-electron chi connectivity index (χ2n) is 8.85. The van der Waals surface area contributed by atoms with E-state index in [2.05, 4.69) is 41.8 Å². The second-order valence-corrected chi connectivity index (χ2v) is 9.28. The average molecular weight is 458 g/mol. The lowest BCUT2D eigenvalue weighted by Crippen LogP contribution is -2.24. The van der Waals surface area contributed by atoms with Gasteiger partial charge < -0.3 is 9.47 Å². The third-order valence-corrected chi connectivity index (χ3v) is 6.75. The number of fused-ring (bicyclic) bond motifs is 1. The highest BCUT2D eigenvalue weighted by atomic mass is 35.5. The molecule has 1 aliphatic rings. The minimum absolute atomic E-state index is 0.0527. The molecular formula is C28H28ClN3O. The summed E-state index contributed by atoms with van der Waals surface area (Å²) in [6.07, 6.45) is 3.93. The van der Waals surface area contributed by atoms with Crippen LogP contribution in [0.3, 0.4) is 0 Å². The van der Waals surface area contributed by atoms with Gasteiger partial charge in [-0.3, -0.25) is 4.79 Å². The number of aryl methyl sites for hydroxylation is 1. The van der Waals surface area contributed by atoms with Crippen molar-refractivity contribution in [3.63, 3.8) is 0 Å². The van der Waals surface area contributed by atoms with Crippen LogP contribution in [0.15, 0.2) is 72.8 Å². The lowest BCUT2D eigenvalue weighted by Gasteiger charge is -2.18. The van der Waals surface area contributed by atoms with Crippen LogP contribution in [0.5, 0.6) is 0 Å².